The summed E-state index contributed by atoms with van der Waals surface area (Å²) >= 11 is 0. The smallest absolute Gasteiger partial charge is 0.273 e. The highest BCUT2D eigenvalue weighted by Crippen LogP contribution is 2.50. The van der Waals surface area contributed by atoms with Crippen molar-refractivity contribution in [1.82, 2.24) is 10.5 Å². The van der Waals surface area contributed by atoms with Crippen LogP contribution >= 0.6 is 0 Å². The Morgan fingerprint density at radius 1 is 1.68 bits per heavy atom. The zero-order chi connectivity index (χ0) is 14.1. The van der Waals surface area contributed by atoms with Crippen molar-refractivity contribution in [2.24, 2.45) is 5.41 Å². The fourth-order valence-electron chi connectivity index (χ4n) is 2.41. The number of aromatic nitrogens is 1. The number of hydrogen-bond donors (Lipinski definition) is 2. The van der Waals surface area contributed by atoms with Crippen LogP contribution in [0.5, 0.6) is 0 Å². The molecule has 1 amide bonds. The molecule has 0 unspecified atom stereocenters. The third kappa shape index (κ3) is 2.37. The molecule has 0 aliphatic heterocycles. The van der Waals surface area contributed by atoms with E-state index in [2.05, 4.69) is 15.0 Å². The SMILES string of the molecule is CCO[C@H]1C[C@](O)(CNC(=O)c2ccon2)C1(C)C. The lowest BCUT2D eigenvalue weighted by atomic mass is 9.56. The fourth-order valence-corrected chi connectivity index (χ4v) is 2.41. The fraction of sp³-hybridized carbons (Fsp3) is 0.692. The van der Waals surface area contributed by atoms with Crippen molar-refractivity contribution in [3.8, 4) is 0 Å². The number of rotatable bonds is 5. The Morgan fingerprint density at radius 3 is 2.95 bits per heavy atom. The molecule has 6 nitrogen and oxygen atoms in total. The summed E-state index contributed by atoms with van der Waals surface area (Å²) in [6.07, 6.45) is 1.88. The molecule has 2 N–H and O–H groups in total. The summed E-state index contributed by atoms with van der Waals surface area (Å²) in [5.74, 6) is -0.349. The molecule has 1 fully saturated rings. The first kappa shape index (κ1) is 14.0. The maximum absolute atomic E-state index is 11.7. The van der Waals surface area contributed by atoms with Gasteiger partial charge in [0.2, 0.25) is 0 Å². The Labute approximate surface area is 112 Å². The predicted octanol–water partition coefficient (Wildman–Crippen LogP) is 0.970. The normalized spacial score (nSPS) is 28.7. The summed E-state index contributed by atoms with van der Waals surface area (Å²) in [6.45, 7) is 6.61. The molecular formula is C13H20N2O4. The molecule has 1 heterocycles. The summed E-state index contributed by atoms with van der Waals surface area (Å²) in [6, 6.07) is 1.48. The lowest BCUT2D eigenvalue weighted by Crippen LogP contribution is -2.68. The maximum atomic E-state index is 11.7. The molecule has 0 aromatic carbocycles. The number of carbonyl (C=O) groups excluding carboxylic acids is 1. The largest absolute Gasteiger partial charge is 0.387 e. The molecule has 2 rings (SSSR count). The van der Waals surface area contributed by atoms with Crippen LogP contribution in [0.4, 0.5) is 0 Å². The lowest BCUT2D eigenvalue weighted by Gasteiger charge is -2.57. The van der Waals surface area contributed by atoms with E-state index in [1.165, 1.54) is 12.3 Å². The van der Waals surface area contributed by atoms with Gasteiger partial charge in [0.25, 0.3) is 5.91 Å². The molecule has 0 bridgehead atoms. The minimum atomic E-state index is -0.952. The van der Waals surface area contributed by atoms with Crippen LogP contribution in [-0.4, -0.2) is 41.0 Å². The molecule has 0 saturated heterocycles. The van der Waals surface area contributed by atoms with E-state index < -0.39 is 5.60 Å². The van der Waals surface area contributed by atoms with E-state index in [-0.39, 0.29) is 29.7 Å². The third-order valence-electron chi connectivity index (χ3n) is 4.11. The first-order chi connectivity index (χ1) is 8.90. The summed E-state index contributed by atoms with van der Waals surface area (Å²) in [5, 5.41) is 16.8. The van der Waals surface area contributed by atoms with Crippen molar-refractivity contribution in [2.75, 3.05) is 13.2 Å². The van der Waals surface area contributed by atoms with Gasteiger partial charge >= 0.3 is 0 Å². The average molecular weight is 268 g/mol. The van der Waals surface area contributed by atoms with E-state index in [0.29, 0.717) is 13.0 Å². The van der Waals surface area contributed by atoms with Gasteiger partial charge in [-0.3, -0.25) is 4.79 Å². The monoisotopic (exact) mass is 268 g/mol. The van der Waals surface area contributed by atoms with Gasteiger partial charge in [0.1, 0.15) is 6.26 Å². The second-order valence-corrected chi connectivity index (χ2v) is 5.47. The summed E-state index contributed by atoms with van der Waals surface area (Å²) in [7, 11) is 0. The van der Waals surface area contributed by atoms with Gasteiger partial charge in [0.15, 0.2) is 5.69 Å². The molecule has 1 aromatic heterocycles. The molecule has 0 spiro atoms. The minimum Gasteiger partial charge on any atom is -0.387 e. The molecule has 1 saturated carbocycles. The molecule has 1 aliphatic carbocycles. The topological polar surface area (TPSA) is 84.6 Å². The standard InChI is InChI=1S/C13H20N2O4/c1-4-18-10-7-13(17,12(10,2)3)8-14-11(16)9-5-6-19-15-9/h5-6,10,17H,4,7-8H2,1-3H3,(H,14,16)/t10-,13-/m0/s1. The van der Waals surface area contributed by atoms with Gasteiger partial charge in [-0.05, 0) is 6.92 Å². The van der Waals surface area contributed by atoms with Crippen molar-refractivity contribution in [1.29, 1.82) is 0 Å². The summed E-state index contributed by atoms with van der Waals surface area (Å²) < 4.78 is 10.2. The predicted molar refractivity (Wildman–Crippen MR) is 67.6 cm³/mol. The second kappa shape index (κ2) is 4.94. The van der Waals surface area contributed by atoms with Crippen LogP contribution in [0, 0.1) is 5.41 Å². The van der Waals surface area contributed by atoms with Crippen LogP contribution in [-0.2, 0) is 4.74 Å². The van der Waals surface area contributed by atoms with E-state index in [9.17, 15) is 9.90 Å². The second-order valence-electron chi connectivity index (χ2n) is 5.47. The van der Waals surface area contributed by atoms with E-state index in [0.717, 1.165) is 0 Å². The van der Waals surface area contributed by atoms with Crippen molar-refractivity contribution in [3.05, 3.63) is 18.0 Å². The Bertz CT molecular complexity index is 444. The molecule has 1 aliphatic rings. The molecule has 6 heteroatoms. The first-order valence-electron chi connectivity index (χ1n) is 6.43. The number of hydrogen-bond acceptors (Lipinski definition) is 5. The van der Waals surface area contributed by atoms with Crippen molar-refractivity contribution >= 4 is 5.91 Å². The number of amides is 1. The Balaban J connectivity index is 1.91. The van der Waals surface area contributed by atoms with E-state index in [4.69, 9.17) is 4.74 Å². The quantitative estimate of drug-likeness (QED) is 0.831. The van der Waals surface area contributed by atoms with Gasteiger partial charge in [-0.25, -0.2) is 0 Å². The van der Waals surface area contributed by atoms with Crippen LogP contribution in [0.15, 0.2) is 16.9 Å². The van der Waals surface area contributed by atoms with Gasteiger partial charge in [-0.1, -0.05) is 19.0 Å². The molecule has 19 heavy (non-hydrogen) atoms. The minimum absolute atomic E-state index is 0.0199. The van der Waals surface area contributed by atoms with Crippen LogP contribution in [0.3, 0.4) is 0 Å². The zero-order valence-electron chi connectivity index (χ0n) is 11.5. The summed E-state index contributed by atoms with van der Waals surface area (Å²) in [4.78, 5) is 11.7. The lowest BCUT2D eigenvalue weighted by molar-refractivity contribution is -0.237. The molecule has 0 radical (unpaired) electrons. The molecular weight excluding hydrogens is 248 g/mol. The van der Waals surface area contributed by atoms with Crippen molar-refractivity contribution < 1.29 is 19.2 Å². The van der Waals surface area contributed by atoms with Crippen LogP contribution in [0.1, 0.15) is 37.7 Å². The van der Waals surface area contributed by atoms with Gasteiger partial charge < -0.3 is 19.7 Å². The Kier molecular flexibility index (Phi) is 3.64. The highest BCUT2D eigenvalue weighted by molar-refractivity contribution is 5.92. The van der Waals surface area contributed by atoms with Gasteiger partial charge in [0.05, 0.1) is 11.7 Å². The highest BCUT2D eigenvalue weighted by atomic mass is 16.5. The third-order valence-corrected chi connectivity index (χ3v) is 4.11. The highest BCUT2D eigenvalue weighted by Gasteiger charge is 2.59. The van der Waals surface area contributed by atoms with Gasteiger partial charge in [-0.2, -0.15) is 0 Å². The molecule has 2 atom stereocenters. The first-order valence-corrected chi connectivity index (χ1v) is 6.43. The number of carbonyl (C=O) groups is 1. The van der Waals surface area contributed by atoms with Gasteiger partial charge in [0, 0.05) is 31.1 Å². The summed E-state index contributed by atoms with van der Waals surface area (Å²) in [5.41, 5.74) is -1.13. The number of aliphatic hydroxyl groups is 1. The Morgan fingerprint density at radius 2 is 2.42 bits per heavy atom. The number of ether oxygens (including phenoxy) is 1. The van der Waals surface area contributed by atoms with E-state index in [1.54, 1.807) is 0 Å². The van der Waals surface area contributed by atoms with Crippen molar-refractivity contribution in [2.45, 2.75) is 38.9 Å². The zero-order valence-corrected chi connectivity index (χ0v) is 11.5. The van der Waals surface area contributed by atoms with Crippen LogP contribution in [0.2, 0.25) is 0 Å². The molecule has 106 valence electrons. The van der Waals surface area contributed by atoms with E-state index in [1.807, 2.05) is 20.8 Å². The number of nitrogens with one attached hydrogen (secondary N) is 1. The van der Waals surface area contributed by atoms with E-state index >= 15 is 0 Å². The van der Waals surface area contributed by atoms with Crippen LogP contribution < -0.4 is 5.32 Å². The average Bonchev–Trinajstić information content (AvgIpc) is 2.89. The molecule has 1 aromatic rings. The number of nitrogens with zero attached hydrogens (tertiary/aromatic N) is 1. The Hall–Kier alpha value is -1.40. The van der Waals surface area contributed by atoms with Crippen molar-refractivity contribution in [3.63, 3.8) is 0 Å². The van der Waals surface area contributed by atoms with Crippen LogP contribution in [0.25, 0.3) is 0 Å². The maximum Gasteiger partial charge on any atom is 0.273 e. The van der Waals surface area contributed by atoms with Gasteiger partial charge in [-0.15, -0.1) is 0 Å².